The Labute approximate surface area is 167 Å². The number of carbonyl (C=O) groups is 1. The minimum Gasteiger partial charge on any atom is -0.368 e. The van der Waals surface area contributed by atoms with Crippen molar-refractivity contribution < 1.29 is 4.79 Å². The van der Waals surface area contributed by atoms with Gasteiger partial charge in [-0.05, 0) is 36.4 Å². The van der Waals surface area contributed by atoms with Crippen molar-refractivity contribution in [2.45, 2.75) is 0 Å². The van der Waals surface area contributed by atoms with Gasteiger partial charge in [-0.1, -0.05) is 35.9 Å². The van der Waals surface area contributed by atoms with Gasteiger partial charge in [-0.25, -0.2) is 0 Å². The van der Waals surface area contributed by atoms with Crippen LogP contribution < -0.4 is 10.5 Å². The number of rotatable bonds is 3. The molecule has 0 bridgehead atoms. The zero-order valence-electron chi connectivity index (χ0n) is 15.2. The minimum absolute atomic E-state index is 0.171. The number of anilines is 1. The molecule has 0 unspecified atom stereocenters. The Morgan fingerprint density at radius 3 is 2.29 bits per heavy atom. The van der Waals surface area contributed by atoms with E-state index < -0.39 is 0 Å². The number of benzene rings is 2. The molecule has 2 aromatic carbocycles. The van der Waals surface area contributed by atoms with Crippen LogP contribution in [-0.4, -0.2) is 46.8 Å². The van der Waals surface area contributed by atoms with Crippen LogP contribution >= 0.6 is 11.6 Å². The van der Waals surface area contributed by atoms with Crippen LogP contribution in [0.25, 0.3) is 5.69 Å². The van der Waals surface area contributed by atoms with E-state index in [0.29, 0.717) is 36.9 Å². The molecule has 1 aliphatic rings. The smallest absolute Gasteiger partial charge is 0.274 e. The highest BCUT2D eigenvalue weighted by atomic mass is 35.5. The number of piperazine rings is 1. The maximum atomic E-state index is 12.9. The summed E-state index contributed by atoms with van der Waals surface area (Å²) in [5.74, 6) is -0.171. The molecule has 1 saturated heterocycles. The molecular formula is C21H19ClN4O2. The molecule has 0 N–H and O–H groups in total. The first-order chi connectivity index (χ1) is 13.6. The van der Waals surface area contributed by atoms with Crippen LogP contribution in [-0.2, 0) is 0 Å². The summed E-state index contributed by atoms with van der Waals surface area (Å²) < 4.78 is 1.26. The molecule has 1 fully saturated rings. The molecule has 1 aromatic heterocycles. The number of para-hydroxylation sites is 1. The van der Waals surface area contributed by atoms with Crippen molar-refractivity contribution >= 4 is 23.2 Å². The van der Waals surface area contributed by atoms with Gasteiger partial charge < -0.3 is 9.80 Å². The normalized spacial score (nSPS) is 14.2. The van der Waals surface area contributed by atoms with E-state index in [2.05, 4.69) is 10.00 Å². The molecular weight excluding hydrogens is 376 g/mol. The first-order valence-corrected chi connectivity index (χ1v) is 9.45. The van der Waals surface area contributed by atoms with Crippen LogP contribution in [0.15, 0.2) is 71.5 Å². The zero-order chi connectivity index (χ0) is 19.5. The van der Waals surface area contributed by atoms with Gasteiger partial charge in [0.15, 0.2) is 0 Å². The van der Waals surface area contributed by atoms with E-state index in [1.807, 2.05) is 42.5 Å². The van der Waals surface area contributed by atoms with Gasteiger partial charge in [0.2, 0.25) is 0 Å². The van der Waals surface area contributed by atoms with Crippen LogP contribution in [0.2, 0.25) is 5.02 Å². The zero-order valence-corrected chi connectivity index (χ0v) is 15.9. The Kier molecular flexibility index (Phi) is 5.12. The fourth-order valence-corrected chi connectivity index (χ4v) is 3.47. The lowest BCUT2D eigenvalue weighted by molar-refractivity contribution is 0.0738. The van der Waals surface area contributed by atoms with Gasteiger partial charge in [-0.2, -0.15) is 9.78 Å². The Hall–Kier alpha value is -3.12. The number of nitrogens with zero attached hydrogens (tertiary/aromatic N) is 4. The molecule has 28 heavy (non-hydrogen) atoms. The SMILES string of the molecule is O=C(c1ccc(=O)n(-c2ccccc2)n1)N1CCN(c2cccc(Cl)c2)CC1. The monoisotopic (exact) mass is 394 g/mol. The standard InChI is InChI=1S/C21H19ClN4O2/c22-16-5-4-8-18(15-16)24-11-13-25(14-12-24)21(28)19-9-10-20(27)26(23-19)17-6-2-1-3-7-17/h1-10,15H,11-14H2. The second kappa shape index (κ2) is 7.86. The lowest BCUT2D eigenvalue weighted by atomic mass is 10.2. The van der Waals surface area contributed by atoms with Gasteiger partial charge in [-0.15, -0.1) is 0 Å². The van der Waals surface area contributed by atoms with E-state index in [1.165, 1.54) is 16.8 Å². The van der Waals surface area contributed by atoms with Crippen molar-refractivity contribution in [3.63, 3.8) is 0 Å². The molecule has 7 heteroatoms. The Bertz CT molecular complexity index is 1040. The number of halogens is 1. The molecule has 0 aliphatic carbocycles. The lowest BCUT2D eigenvalue weighted by Crippen LogP contribution is -2.49. The van der Waals surface area contributed by atoms with Crippen LogP contribution in [0.3, 0.4) is 0 Å². The number of aromatic nitrogens is 2. The van der Waals surface area contributed by atoms with Crippen molar-refractivity contribution in [3.05, 3.63) is 87.8 Å². The van der Waals surface area contributed by atoms with Gasteiger partial charge in [0.25, 0.3) is 11.5 Å². The molecule has 142 valence electrons. The quantitative estimate of drug-likeness (QED) is 0.685. The van der Waals surface area contributed by atoms with Crippen molar-refractivity contribution in [1.29, 1.82) is 0 Å². The second-order valence-corrected chi connectivity index (χ2v) is 7.00. The van der Waals surface area contributed by atoms with Crippen molar-refractivity contribution in [1.82, 2.24) is 14.7 Å². The third-order valence-corrected chi connectivity index (χ3v) is 5.00. The highest BCUT2D eigenvalue weighted by Crippen LogP contribution is 2.21. The largest absolute Gasteiger partial charge is 0.368 e. The van der Waals surface area contributed by atoms with E-state index in [0.717, 1.165) is 5.69 Å². The van der Waals surface area contributed by atoms with E-state index in [4.69, 9.17) is 11.6 Å². The summed E-state index contributed by atoms with van der Waals surface area (Å²) in [6.45, 7) is 2.59. The predicted octanol–water partition coefficient (Wildman–Crippen LogP) is 2.85. The highest BCUT2D eigenvalue weighted by Gasteiger charge is 2.24. The van der Waals surface area contributed by atoms with Crippen molar-refractivity contribution in [2.24, 2.45) is 0 Å². The van der Waals surface area contributed by atoms with Crippen LogP contribution in [0, 0.1) is 0 Å². The Morgan fingerprint density at radius 2 is 1.57 bits per heavy atom. The van der Waals surface area contributed by atoms with Gasteiger partial charge in [0.05, 0.1) is 5.69 Å². The number of amides is 1. The third kappa shape index (κ3) is 3.77. The lowest BCUT2D eigenvalue weighted by Gasteiger charge is -2.36. The molecule has 1 aliphatic heterocycles. The first-order valence-electron chi connectivity index (χ1n) is 9.07. The molecule has 0 spiro atoms. The van der Waals surface area contributed by atoms with Gasteiger partial charge in [0.1, 0.15) is 5.69 Å². The maximum Gasteiger partial charge on any atom is 0.274 e. The second-order valence-electron chi connectivity index (χ2n) is 6.56. The summed E-state index contributed by atoms with van der Waals surface area (Å²) in [5.41, 5.74) is 1.68. The Morgan fingerprint density at radius 1 is 0.857 bits per heavy atom. The fourth-order valence-electron chi connectivity index (χ4n) is 3.28. The molecule has 2 heterocycles. The predicted molar refractivity (Wildman–Crippen MR) is 109 cm³/mol. The average Bonchev–Trinajstić information content (AvgIpc) is 2.74. The van der Waals surface area contributed by atoms with Crippen LogP contribution in [0.5, 0.6) is 0 Å². The Balaban J connectivity index is 1.49. The third-order valence-electron chi connectivity index (χ3n) is 4.76. The molecule has 0 atom stereocenters. The summed E-state index contributed by atoms with van der Waals surface area (Å²) in [7, 11) is 0. The highest BCUT2D eigenvalue weighted by molar-refractivity contribution is 6.30. The van der Waals surface area contributed by atoms with E-state index in [1.54, 1.807) is 17.0 Å². The molecule has 6 nitrogen and oxygen atoms in total. The average molecular weight is 395 g/mol. The summed E-state index contributed by atoms with van der Waals surface area (Å²) in [4.78, 5) is 29.0. The van der Waals surface area contributed by atoms with E-state index in [9.17, 15) is 9.59 Å². The summed E-state index contributed by atoms with van der Waals surface area (Å²) >= 11 is 6.07. The van der Waals surface area contributed by atoms with Gasteiger partial charge >= 0.3 is 0 Å². The maximum absolute atomic E-state index is 12.9. The summed E-state index contributed by atoms with van der Waals surface area (Å²) in [6.07, 6.45) is 0. The molecule has 1 amide bonds. The van der Waals surface area contributed by atoms with E-state index >= 15 is 0 Å². The number of carbonyl (C=O) groups excluding carboxylic acids is 1. The fraction of sp³-hybridized carbons (Fsp3) is 0.190. The number of hydrogen-bond donors (Lipinski definition) is 0. The van der Waals surface area contributed by atoms with Crippen molar-refractivity contribution in [2.75, 3.05) is 31.1 Å². The molecule has 0 radical (unpaired) electrons. The van der Waals surface area contributed by atoms with Gasteiger partial charge in [-0.3, -0.25) is 9.59 Å². The van der Waals surface area contributed by atoms with Crippen molar-refractivity contribution in [3.8, 4) is 5.69 Å². The summed E-state index contributed by atoms with van der Waals surface area (Å²) in [5, 5.41) is 4.99. The van der Waals surface area contributed by atoms with Crippen LogP contribution in [0.1, 0.15) is 10.5 Å². The molecule has 4 rings (SSSR count). The van der Waals surface area contributed by atoms with Crippen LogP contribution in [0.4, 0.5) is 5.69 Å². The minimum atomic E-state index is -0.270. The number of hydrogen-bond acceptors (Lipinski definition) is 4. The first kappa shape index (κ1) is 18.3. The van der Waals surface area contributed by atoms with E-state index in [-0.39, 0.29) is 17.2 Å². The molecule has 3 aromatic rings. The molecule has 0 saturated carbocycles. The topological polar surface area (TPSA) is 58.4 Å². The van der Waals surface area contributed by atoms with Gasteiger partial charge in [0, 0.05) is 43.0 Å². The summed E-state index contributed by atoms with van der Waals surface area (Å²) in [6, 6.07) is 19.7.